The van der Waals surface area contributed by atoms with Crippen molar-refractivity contribution in [3.63, 3.8) is 0 Å². The number of ether oxygens (including phenoxy) is 1. The van der Waals surface area contributed by atoms with E-state index in [4.69, 9.17) is 16.3 Å². The molecular weight excluding hydrogens is 379 g/mol. The summed E-state index contributed by atoms with van der Waals surface area (Å²) in [6.45, 7) is 2.54. The fourth-order valence-electron chi connectivity index (χ4n) is 4.29. The molecule has 1 saturated heterocycles. The van der Waals surface area contributed by atoms with Gasteiger partial charge in [0.2, 0.25) is 5.91 Å². The molecule has 1 saturated carbocycles. The summed E-state index contributed by atoms with van der Waals surface area (Å²) in [6.07, 6.45) is 3.57. The average Bonchev–Trinajstić information content (AvgIpc) is 3.20. The molecule has 2 fully saturated rings. The molecule has 2 aliphatic rings. The Balaban J connectivity index is 1.54. The summed E-state index contributed by atoms with van der Waals surface area (Å²) in [5.41, 5.74) is 1.43. The summed E-state index contributed by atoms with van der Waals surface area (Å²) in [6, 6.07) is 12.4. The number of morpholine rings is 1. The van der Waals surface area contributed by atoms with E-state index in [0.717, 1.165) is 31.2 Å². The SMILES string of the molecule is O=C(Nc1ccc(N2CCOCC2)c(F)c1)C1(c2ccc(Cl)cc2)CCCC1. The zero-order valence-electron chi connectivity index (χ0n) is 15.7. The van der Waals surface area contributed by atoms with Crippen molar-refractivity contribution in [2.45, 2.75) is 31.1 Å². The molecule has 1 aliphatic carbocycles. The van der Waals surface area contributed by atoms with Crippen molar-refractivity contribution in [3.05, 3.63) is 58.9 Å². The fraction of sp³-hybridized carbons (Fsp3) is 0.409. The highest BCUT2D eigenvalue weighted by Crippen LogP contribution is 2.42. The highest BCUT2D eigenvalue weighted by molar-refractivity contribution is 6.30. The molecule has 0 aromatic heterocycles. The molecule has 0 spiro atoms. The van der Waals surface area contributed by atoms with Gasteiger partial charge in [0.1, 0.15) is 5.82 Å². The van der Waals surface area contributed by atoms with Crippen LogP contribution in [-0.4, -0.2) is 32.2 Å². The molecule has 0 atom stereocenters. The van der Waals surface area contributed by atoms with E-state index in [2.05, 4.69) is 5.32 Å². The molecule has 0 radical (unpaired) electrons. The predicted octanol–water partition coefficient (Wildman–Crippen LogP) is 4.77. The minimum absolute atomic E-state index is 0.0779. The van der Waals surface area contributed by atoms with Gasteiger partial charge in [0.15, 0.2) is 0 Å². The van der Waals surface area contributed by atoms with Gasteiger partial charge in [0, 0.05) is 23.8 Å². The number of amides is 1. The highest BCUT2D eigenvalue weighted by Gasteiger charge is 2.42. The van der Waals surface area contributed by atoms with Gasteiger partial charge in [-0.15, -0.1) is 0 Å². The van der Waals surface area contributed by atoms with Crippen LogP contribution in [0, 0.1) is 5.82 Å². The standard InChI is InChI=1S/C22H24ClFN2O2/c23-17-5-3-16(4-6-17)22(9-1-2-10-22)21(27)25-18-7-8-20(19(24)15-18)26-11-13-28-14-12-26/h3-8,15H,1-2,9-14H2,(H,25,27). The molecule has 6 heteroatoms. The number of carbonyl (C=O) groups is 1. The lowest BCUT2D eigenvalue weighted by molar-refractivity contribution is -0.121. The monoisotopic (exact) mass is 402 g/mol. The Morgan fingerprint density at radius 2 is 1.75 bits per heavy atom. The minimum atomic E-state index is -0.579. The lowest BCUT2D eigenvalue weighted by Crippen LogP contribution is -2.38. The molecule has 4 nitrogen and oxygen atoms in total. The van der Waals surface area contributed by atoms with Gasteiger partial charge >= 0.3 is 0 Å². The van der Waals surface area contributed by atoms with E-state index in [1.807, 2.05) is 29.2 Å². The van der Waals surface area contributed by atoms with Gasteiger partial charge in [-0.1, -0.05) is 36.6 Å². The minimum Gasteiger partial charge on any atom is -0.378 e. The van der Waals surface area contributed by atoms with Gasteiger partial charge in [0.05, 0.1) is 24.3 Å². The lowest BCUT2D eigenvalue weighted by Gasteiger charge is -2.30. The molecule has 2 aromatic carbocycles. The maximum Gasteiger partial charge on any atom is 0.235 e. The zero-order chi connectivity index (χ0) is 19.6. The quantitative estimate of drug-likeness (QED) is 0.801. The van der Waals surface area contributed by atoms with E-state index in [9.17, 15) is 9.18 Å². The second-order valence-corrected chi connectivity index (χ2v) is 7.95. The molecule has 0 unspecified atom stereocenters. The van der Waals surface area contributed by atoms with Crippen LogP contribution in [0.2, 0.25) is 5.02 Å². The topological polar surface area (TPSA) is 41.6 Å². The van der Waals surface area contributed by atoms with Crippen LogP contribution in [0.4, 0.5) is 15.8 Å². The maximum absolute atomic E-state index is 14.7. The van der Waals surface area contributed by atoms with Crippen molar-refractivity contribution in [3.8, 4) is 0 Å². The Morgan fingerprint density at radius 3 is 2.39 bits per heavy atom. The summed E-state index contributed by atoms with van der Waals surface area (Å²) < 4.78 is 20.0. The van der Waals surface area contributed by atoms with E-state index in [1.54, 1.807) is 12.1 Å². The second kappa shape index (κ2) is 8.10. The van der Waals surface area contributed by atoms with Crippen LogP contribution >= 0.6 is 11.6 Å². The highest BCUT2D eigenvalue weighted by atomic mass is 35.5. The summed E-state index contributed by atoms with van der Waals surface area (Å²) in [5, 5.41) is 3.60. The van der Waals surface area contributed by atoms with Gasteiger partial charge in [-0.3, -0.25) is 4.79 Å². The molecule has 4 rings (SSSR count). The number of hydrogen-bond donors (Lipinski definition) is 1. The van der Waals surface area contributed by atoms with Gasteiger partial charge < -0.3 is 15.0 Å². The summed E-state index contributed by atoms with van der Waals surface area (Å²) in [5.74, 6) is -0.405. The van der Waals surface area contributed by atoms with E-state index < -0.39 is 5.41 Å². The summed E-state index contributed by atoms with van der Waals surface area (Å²) >= 11 is 6.02. The van der Waals surface area contributed by atoms with E-state index in [1.165, 1.54) is 6.07 Å². The van der Waals surface area contributed by atoms with Crippen molar-refractivity contribution in [1.29, 1.82) is 0 Å². The molecule has 1 N–H and O–H groups in total. The van der Waals surface area contributed by atoms with Crippen molar-refractivity contribution < 1.29 is 13.9 Å². The first-order chi connectivity index (χ1) is 13.6. The van der Waals surface area contributed by atoms with Crippen LogP contribution in [0.5, 0.6) is 0 Å². The molecule has 148 valence electrons. The Bertz CT molecular complexity index is 844. The number of hydrogen-bond acceptors (Lipinski definition) is 3. The maximum atomic E-state index is 14.7. The first-order valence-corrected chi connectivity index (χ1v) is 10.2. The van der Waals surface area contributed by atoms with Crippen molar-refractivity contribution >= 4 is 28.9 Å². The van der Waals surface area contributed by atoms with Crippen LogP contribution in [0.1, 0.15) is 31.2 Å². The van der Waals surface area contributed by atoms with Crippen LogP contribution < -0.4 is 10.2 Å². The van der Waals surface area contributed by atoms with Crippen molar-refractivity contribution in [2.75, 3.05) is 36.5 Å². The third-order valence-corrected chi connectivity index (χ3v) is 6.10. The van der Waals surface area contributed by atoms with Gasteiger partial charge in [-0.2, -0.15) is 0 Å². The third-order valence-electron chi connectivity index (χ3n) is 5.85. The molecule has 1 heterocycles. The van der Waals surface area contributed by atoms with Crippen LogP contribution in [0.15, 0.2) is 42.5 Å². The molecule has 1 amide bonds. The molecule has 1 aliphatic heterocycles. The molecule has 2 aromatic rings. The van der Waals surface area contributed by atoms with Gasteiger partial charge in [0.25, 0.3) is 0 Å². The molecular formula is C22H24ClFN2O2. The summed E-state index contributed by atoms with van der Waals surface area (Å²) in [7, 11) is 0. The van der Waals surface area contributed by atoms with Gasteiger partial charge in [-0.05, 0) is 48.7 Å². The Labute approximate surface area is 169 Å². The van der Waals surface area contributed by atoms with Crippen LogP contribution in [-0.2, 0) is 14.9 Å². The zero-order valence-corrected chi connectivity index (χ0v) is 16.5. The molecule has 28 heavy (non-hydrogen) atoms. The number of nitrogens with zero attached hydrogens (tertiary/aromatic N) is 1. The third kappa shape index (κ3) is 3.74. The smallest absolute Gasteiger partial charge is 0.235 e. The van der Waals surface area contributed by atoms with Crippen LogP contribution in [0.3, 0.4) is 0 Å². The Kier molecular flexibility index (Phi) is 5.56. The second-order valence-electron chi connectivity index (χ2n) is 7.52. The fourth-order valence-corrected chi connectivity index (χ4v) is 4.42. The number of benzene rings is 2. The normalized spacial score (nSPS) is 18.9. The van der Waals surface area contributed by atoms with Gasteiger partial charge in [-0.25, -0.2) is 4.39 Å². The number of rotatable bonds is 4. The molecule has 0 bridgehead atoms. The number of carbonyl (C=O) groups excluding carboxylic acids is 1. The number of nitrogens with one attached hydrogen (secondary N) is 1. The summed E-state index contributed by atoms with van der Waals surface area (Å²) in [4.78, 5) is 15.2. The first-order valence-electron chi connectivity index (χ1n) is 9.78. The Hall–Kier alpha value is -2.11. The predicted molar refractivity (Wildman–Crippen MR) is 110 cm³/mol. The average molecular weight is 403 g/mol. The lowest BCUT2D eigenvalue weighted by atomic mass is 9.78. The Morgan fingerprint density at radius 1 is 1.07 bits per heavy atom. The van der Waals surface area contributed by atoms with E-state index in [-0.39, 0.29) is 11.7 Å². The van der Waals surface area contributed by atoms with E-state index in [0.29, 0.717) is 42.7 Å². The van der Waals surface area contributed by atoms with Crippen molar-refractivity contribution in [2.24, 2.45) is 0 Å². The first kappa shape index (κ1) is 19.2. The van der Waals surface area contributed by atoms with E-state index >= 15 is 0 Å². The van der Waals surface area contributed by atoms with Crippen LogP contribution in [0.25, 0.3) is 0 Å². The largest absolute Gasteiger partial charge is 0.378 e. The number of anilines is 2. The van der Waals surface area contributed by atoms with Crippen molar-refractivity contribution in [1.82, 2.24) is 0 Å². The number of halogens is 2.